The summed E-state index contributed by atoms with van der Waals surface area (Å²) < 4.78 is 20.0. The van der Waals surface area contributed by atoms with Gasteiger partial charge >= 0.3 is 0 Å². The lowest BCUT2D eigenvalue weighted by atomic mass is 10.1. The van der Waals surface area contributed by atoms with E-state index in [1.165, 1.54) is 6.07 Å². The molecule has 0 amide bonds. The predicted molar refractivity (Wildman–Crippen MR) is 69.2 cm³/mol. The van der Waals surface area contributed by atoms with E-state index in [0.29, 0.717) is 17.7 Å². The van der Waals surface area contributed by atoms with Crippen LogP contribution in [0.25, 0.3) is 11.3 Å². The zero-order valence-electron chi connectivity index (χ0n) is 9.41. The van der Waals surface area contributed by atoms with Crippen LogP contribution in [0.15, 0.2) is 39.2 Å². The van der Waals surface area contributed by atoms with Crippen LogP contribution in [0.2, 0.25) is 0 Å². The molecule has 0 aliphatic heterocycles. The van der Waals surface area contributed by atoms with Gasteiger partial charge in [-0.05, 0) is 37.3 Å². The molecule has 2 nitrogen and oxygen atoms in total. The van der Waals surface area contributed by atoms with Gasteiger partial charge in [-0.15, -0.1) is 0 Å². The highest BCUT2D eigenvalue weighted by Crippen LogP contribution is 2.28. The van der Waals surface area contributed by atoms with Gasteiger partial charge in [0.25, 0.3) is 0 Å². The van der Waals surface area contributed by atoms with Gasteiger partial charge in [0.15, 0.2) is 0 Å². The highest BCUT2D eigenvalue weighted by molar-refractivity contribution is 9.10. The molecule has 0 saturated heterocycles. The molecule has 17 heavy (non-hydrogen) atoms. The Morgan fingerprint density at radius 3 is 2.82 bits per heavy atom. The van der Waals surface area contributed by atoms with E-state index >= 15 is 0 Å². The second-order valence-corrected chi connectivity index (χ2v) is 4.99. The number of hydrogen-bond donors (Lipinski definition) is 1. The molecular weight excluding hydrogens is 285 g/mol. The Bertz CT molecular complexity index is 522. The summed E-state index contributed by atoms with van der Waals surface area (Å²) in [5.74, 6) is 1.00. The molecule has 0 bridgehead atoms. The molecule has 4 heteroatoms. The minimum atomic E-state index is -0.296. The van der Waals surface area contributed by atoms with Crippen molar-refractivity contribution in [3.8, 4) is 11.3 Å². The number of halogens is 2. The Kier molecular flexibility index (Phi) is 3.64. The van der Waals surface area contributed by atoms with Crippen LogP contribution in [0, 0.1) is 5.82 Å². The van der Waals surface area contributed by atoms with Gasteiger partial charge < -0.3 is 10.2 Å². The standard InChI is InChI=1S/C13H13BrFNO/c1-8(16)6-10-3-5-13(17-10)11-7-9(14)2-4-12(11)15/h2-5,7-8H,6,16H2,1H3. The summed E-state index contributed by atoms with van der Waals surface area (Å²) >= 11 is 3.31. The molecule has 0 fully saturated rings. The van der Waals surface area contributed by atoms with Crippen molar-refractivity contribution in [2.75, 3.05) is 0 Å². The van der Waals surface area contributed by atoms with Crippen molar-refractivity contribution in [1.82, 2.24) is 0 Å². The lowest BCUT2D eigenvalue weighted by molar-refractivity contribution is 0.499. The van der Waals surface area contributed by atoms with E-state index in [2.05, 4.69) is 15.9 Å². The summed E-state index contributed by atoms with van der Waals surface area (Å²) in [4.78, 5) is 0. The third-order valence-corrected chi connectivity index (χ3v) is 2.87. The Morgan fingerprint density at radius 1 is 1.35 bits per heavy atom. The van der Waals surface area contributed by atoms with Gasteiger partial charge in [-0.2, -0.15) is 0 Å². The van der Waals surface area contributed by atoms with Crippen molar-refractivity contribution in [3.63, 3.8) is 0 Å². The third kappa shape index (κ3) is 2.96. The van der Waals surface area contributed by atoms with Gasteiger partial charge in [0.1, 0.15) is 17.3 Å². The van der Waals surface area contributed by atoms with E-state index in [4.69, 9.17) is 10.2 Å². The van der Waals surface area contributed by atoms with E-state index in [1.54, 1.807) is 18.2 Å². The van der Waals surface area contributed by atoms with Crippen LogP contribution in [0.4, 0.5) is 4.39 Å². The maximum absolute atomic E-state index is 13.6. The Morgan fingerprint density at radius 2 is 2.12 bits per heavy atom. The largest absolute Gasteiger partial charge is 0.461 e. The number of benzene rings is 1. The number of nitrogens with two attached hydrogens (primary N) is 1. The molecule has 2 aromatic rings. The maximum atomic E-state index is 13.6. The van der Waals surface area contributed by atoms with Gasteiger partial charge in [-0.3, -0.25) is 0 Å². The van der Waals surface area contributed by atoms with Crippen LogP contribution in [0.1, 0.15) is 12.7 Å². The molecule has 1 aromatic carbocycles. The molecule has 1 aromatic heterocycles. The van der Waals surface area contributed by atoms with E-state index < -0.39 is 0 Å². The van der Waals surface area contributed by atoms with Gasteiger partial charge in [0.2, 0.25) is 0 Å². The molecule has 0 saturated carbocycles. The fourth-order valence-electron chi connectivity index (χ4n) is 1.64. The second-order valence-electron chi connectivity index (χ2n) is 4.07. The first-order valence-electron chi connectivity index (χ1n) is 5.36. The molecule has 1 unspecified atom stereocenters. The van der Waals surface area contributed by atoms with Crippen molar-refractivity contribution >= 4 is 15.9 Å². The van der Waals surface area contributed by atoms with Crippen LogP contribution in [-0.4, -0.2) is 6.04 Å². The Balaban J connectivity index is 2.33. The molecular formula is C13H13BrFNO. The van der Waals surface area contributed by atoms with Crippen LogP contribution in [-0.2, 0) is 6.42 Å². The molecule has 0 spiro atoms. The minimum Gasteiger partial charge on any atom is -0.461 e. The Hall–Kier alpha value is -1.13. The van der Waals surface area contributed by atoms with E-state index in [-0.39, 0.29) is 11.9 Å². The maximum Gasteiger partial charge on any atom is 0.137 e. The quantitative estimate of drug-likeness (QED) is 0.937. The molecule has 0 radical (unpaired) electrons. The molecule has 0 aliphatic carbocycles. The second kappa shape index (κ2) is 5.02. The van der Waals surface area contributed by atoms with Crippen molar-refractivity contribution in [2.45, 2.75) is 19.4 Å². The van der Waals surface area contributed by atoms with Crippen molar-refractivity contribution in [1.29, 1.82) is 0 Å². The first-order valence-corrected chi connectivity index (χ1v) is 6.15. The minimum absolute atomic E-state index is 0.0290. The summed E-state index contributed by atoms with van der Waals surface area (Å²) in [5, 5.41) is 0. The van der Waals surface area contributed by atoms with E-state index in [1.807, 2.05) is 13.0 Å². The monoisotopic (exact) mass is 297 g/mol. The van der Waals surface area contributed by atoms with Crippen LogP contribution in [0.5, 0.6) is 0 Å². The molecule has 2 rings (SSSR count). The number of hydrogen-bond acceptors (Lipinski definition) is 2. The molecule has 1 heterocycles. The van der Waals surface area contributed by atoms with Crippen LogP contribution < -0.4 is 5.73 Å². The number of rotatable bonds is 3. The molecule has 2 N–H and O–H groups in total. The van der Waals surface area contributed by atoms with E-state index in [9.17, 15) is 4.39 Å². The normalized spacial score (nSPS) is 12.7. The lowest BCUT2D eigenvalue weighted by Crippen LogP contribution is -2.17. The summed E-state index contributed by atoms with van der Waals surface area (Å²) in [6.07, 6.45) is 0.648. The van der Waals surface area contributed by atoms with Crippen molar-refractivity contribution in [3.05, 3.63) is 46.4 Å². The predicted octanol–water partition coefficient (Wildman–Crippen LogP) is 3.74. The average Bonchev–Trinajstić information content (AvgIpc) is 2.69. The molecule has 1 atom stereocenters. The zero-order valence-corrected chi connectivity index (χ0v) is 11.0. The van der Waals surface area contributed by atoms with Crippen molar-refractivity contribution in [2.24, 2.45) is 5.73 Å². The van der Waals surface area contributed by atoms with Gasteiger partial charge in [0.05, 0.1) is 5.56 Å². The topological polar surface area (TPSA) is 39.2 Å². The van der Waals surface area contributed by atoms with Gasteiger partial charge in [-0.25, -0.2) is 4.39 Å². The molecule has 90 valence electrons. The van der Waals surface area contributed by atoms with Crippen LogP contribution >= 0.6 is 15.9 Å². The fourth-order valence-corrected chi connectivity index (χ4v) is 2.00. The highest BCUT2D eigenvalue weighted by Gasteiger charge is 2.11. The molecule has 0 aliphatic rings. The first-order chi connectivity index (χ1) is 8.06. The van der Waals surface area contributed by atoms with Crippen LogP contribution in [0.3, 0.4) is 0 Å². The summed E-state index contributed by atoms with van der Waals surface area (Å²) in [5.41, 5.74) is 6.14. The third-order valence-electron chi connectivity index (χ3n) is 2.38. The summed E-state index contributed by atoms with van der Waals surface area (Å²) in [6.45, 7) is 1.90. The summed E-state index contributed by atoms with van der Waals surface area (Å²) in [6, 6.07) is 8.39. The smallest absolute Gasteiger partial charge is 0.137 e. The fraction of sp³-hybridized carbons (Fsp3) is 0.231. The zero-order chi connectivity index (χ0) is 12.4. The van der Waals surface area contributed by atoms with Gasteiger partial charge in [-0.1, -0.05) is 15.9 Å². The first kappa shape index (κ1) is 12.3. The number of furan rings is 1. The Labute approximate surface area is 108 Å². The lowest BCUT2D eigenvalue weighted by Gasteiger charge is -2.02. The highest BCUT2D eigenvalue weighted by atomic mass is 79.9. The van der Waals surface area contributed by atoms with E-state index in [0.717, 1.165) is 10.2 Å². The SMILES string of the molecule is CC(N)Cc1ccc(-c2cc(Br)ccc2F)o1. The average molecular weight is 298 g/mol. The summed E-state index contributed by atoms with van der Waals surface area (Å²) in [7, 11) is 0. The van der Waals surface area contributed by atoms with Gasteiger partial charge in [0, 0.05) is 16.9 Å². The van der Waals surface area contributed by atoms with Crippen molar-refractivity contribution < 1.29 is 8.81 Å².